The van der Waals surface area contributed by atoms with Gasteiger partial charge in [0.2, 0.25) is 0 Å². The van der Waals surface area contributed by atoms with Gasteiger partial charge in [0.15, 0.2) is 0 Å². The zero-order valence-corrected chi connectivity index (χ0v) is 9.87. The fourth-order valence-electron chi connectivity index (χ4n) is 2.79. The van der Waals surface area contributed by atoms with Crippen LogP contribution in [0.3, 0.4) is 0 Å². The zero-order chi connectivity index (χ0) is 11.4. The van der Waals surface area contributed by atoms with Crippen LogP contribution in [0.25, 0.3) is 0 Å². The monoisotopic (exact) mass is 221 g/mol. The molecule has 0 aliphatic heterocycles. The molecule has 0 saturated heterocycles. The Morgan fingerprint density at radius 2 is 2.06 bits per heavy atom. The Morgan fingerprint density at radius 1 is 1.31 bits per heavy atom. The first-order valence-electron chi connectivity index (χ1n) is 6.10. The number of ether oxygens (including phenoxy) is 1. The second-order valence-electron chi connectivity index (χ2n) is 4.70. The van der Waals surface area contributed by atoms with Crippen molar-refractivity contribution in [3.63, 3.8) is 0 Å². The molecule has 1 fully saturated rings. The van der Waals surface area contributed by atoms with Crippen molar-refractivity contribution in [3.05, 3.63) is 28.4 Å². The highest BCUT2D eigenvalue weighted by atomic mass is 16.5. The average molecular weight is 221 g/mol. The lowest BCUT2D eigenvalue weighted by atomic mass is 9.74. The molecule has 0 heterocycles. The summed E-state index contributed by atoms with van der Waals surface area (Å²) in [6.45, 7) is 0. The molecule has 2 aliphatic rings. The summed E-state index contributed by atoms with van der Waals surface area (Å²) in [6, 6.07) is 0. The summed E-state index contributed by atoms with van der Waals surface area (Å²) in [6.07, 6.45) is 11.3. The Hall–Kier alpha value is -1.12. The van der Waals surface area contributed by atoms with E-state index < -0.39 is 5.54 Å². The molecule has 0 aromatic carbocycles. The van der Waals surface area contributed by atoms with E-state index in [0.717, 1.165) is 44.3 Å². The SMILES string of the molecule is COC1=CCCC(C2(N=O)CCCCC2)=C1. The minimum Gasteiger partial charge on any atom is -0.497 e. The Bertz CT molecular complexity index is 325. The highest BCUT2D eigenvalue weighted by molar-refractivity contribution is 5.32. The quantitative estimate of drug-likeness (QED) is 0.681. The molecule has 0 unspecified atom stereocenters. The minimum atomic E-state index is -0.420. The van der Waals surface area contributed by atoms with Gasteiger partial charge in [0.25, 0.3) is 0 Å². The minimum absolute atomic E-state index is 0.420. The fourth-order valence-corrected chi connectivity index (χ4v) is 2.79. The third kappa shape index (κ3) is 2.04. The molecule has 3 nitrogen and oxygen atoms in total. The normalized spacial score (nSPS) is 24.3. The lowest BCUT2D eigenvalue weighted by Gasteiger charge is -2.34. The van der Waals surface area contributed by atoms with Crippen LogP contribution >= 0.6 is 0 Å². The Kier molecular flexibility index (Phi) is 3.42. The van der Waals surface area contributed by atoms with Gasteiger partial charge in [-0.15, -0.1) is 4.91 Å². The molecular formula is C13H19NO2. The van der Waals surface area contributed by atoms with Gasteiger partial charge >= 0.3 is 0 Å². The summed E-state index contributed by atoms with van der Waals surface area (Å²) in [7, 11) is 1.67. The van der Waals surface area contributed by atoms with Crippen molar-refractivity contribution in [1.29, 1.82) is 0 Å². The molecule has 0 amide bonds. The van der Waals surface area contributed by atoms with E-state index in [1.54, 1.807) is 7.11 Å². The van der Waals surface area contributed by atoms with Crippen molar-refractivity contribution in [3.8, 4) is 0 Å². The predicted octanol–water partition coefficient (Wildman–Crippen LogP) is 3.71. The Morgan fingerprint density at radius 3 is 2.69 bits per heavy atom. The van der Waals surface area contributed by atoms with Crippen LogP contribution in [-0.4, -0.2) is 12.6 Å². The highest BCUT2D eigenvalue weighted by Crippen LogP contribution is 2.41. The average Bonchev–Trinajstić information content (AvgIpc) is 2.39. The summed E-state index contributed by atoms with van der Waals surface area (Å²) in [4.78, 5) is 11.2. The van der Waals surface area contributed by atoms with Gasteiger partial charge in [0.05, 0.1) is 7.11 Å². The number of hydrogen-bond donors (Lipinski definition) is 0. The third-order valence-electron chi connectivity index (χ3n) is 3.76. The fraction of sp³-hybridized carbons (Fsp3) is 0.692. The van der Waals surface area contributed by atoms with Gasteiger partial charge in [0, 0.05) is 0 Å². The third-order valence-corrected chi connectivity index (χ3v) is 3.76. The molecule has 0 spiro atoms. The van der Waals surface area contributed by atoms with Crippen molar-refractivity contribution in [2.24, 2.45) is 5.18 Å². The van der Waals surface area contributed by atoms with Crippen LogP contribution in [0, 0.1) is 4.91 Å². The molecule has 88 valence electrons. The van der Waals surface area contributed by atoms with Crippen LogP contribution < -0.4 is 0 Å². The number of hydrogen-bond acceptors (Lipinski definition) is 3. The topological polar surface area (TPSA) is 38.7 Å². The van der Waals surface area contributed by atoms with E-state index in [0.29, 0.717) is 0 Å². The molecule has 2 rings (SSSR count). The second-order valence-corrected chi connectivity index (χ2v) is 4.70. The van der Waals surface area contributed by atoms with Crippen LogP contribution in [0.5, 0.6) is 0 Å². The summed E-state index contributed by atoms with van der Waals surface area (Å²) in [5.41, 5.74) is 0.762. The largest absolute Gasteiger partial charge is 0.497 e. The molecule has 2 aliphatic carbocycles. The van der Waals surface area contributed by atoms with E-state index in [1.165, 1.54) is 12.0 Å². The standard InChI is InChI=1S/C13H19NO2/c1-16-12-7-5-6-11(10-12)13(14-15)8-3-2-4-9-13/h7,10H,2-6,8-9H2,1H3. The molecule has 0 aromatic rings. The van der Waals surface area contributed by atoms with Crippen molar-refractivity contribution < 1.29 is 4.74 Å². The van der Waals surface area contributed by atoms with Gasteiger partial charge in [-0.3, -0.25) is 0 Å². The van der Waals surface area contributed by atoms with E-state index in [1.807, 2.05) is 6.08 Å². The van der Waals surface area contributed by atoms with Crippen molar-refractivity contribution in [1.82, 2.24) is 0 Å². The predicted molar refractivity (Wildman–Crippen MR) is 64.0 cm³/mol. The van der Waals surface area contributed by atoms with Crippen LogP contribution in [0.15, 0.2) is 28.7 Å². The van der Waals surface area contributed by atoms with Crippen LogP contribution in [0.1, 0.15) is 44.9 Å². The van der Waals surface area contributed by atoms with Gasteiger partial charge < -0.3 is 4.74 Å². The molecule has 0 bridgehead atoms. The maximum atomic E-state index is 11.2. The van der Waals surface area contributed by atoms with Gasteiger partial charge in [-0.2, -0.15) is 0 Å². The Labute approximate surface area is 96.5 Å². The maximum Gasteiger partial charge on any atom is 0.124 e. The number of allylic oxidation sites excluding steroid dienone is 2. The van der Waals surface area contributed by atoms with Gasteiger partial charge in [-0.1, -0.05) is 24.4 Å². The first kappa shape index (κ1) is 11.4. The van der Waals surface area contributed by atoms with Gasteiger partial charge in [-0.05, 0) is 43.4 Å². The highest BCUT2D eigenvalue weighted by Gasteiger charge is 2.37. The lowest BCUT2D eigenvalue weighted by molar-refractivity contribution is 0.293. The second kappa shape index (κ2) is 4.81. The van der Waals surface area contributed by atoms with Crippen molar-refractivity contribution in [2.45, 2.75) is 50.5 Å². The number of methoxy groups -OCH3 is 1. The van der Waals surface area contributed by atoms with Crippen LogP contribution in [0.2, 0.25) is 0 Å². The molecular weight excluding hydrogens is 202 g/mol. The molecule has 0 aromatic heterocycles. The van der Waals surface area contributed by atoms with Crippen molar-refractivity contribution >= 4 is 0 Å². The molecule has 0 radical (unpaired) electrons. The van der Waals surface area contributed by atoms with E-state index in [4.69, 9.17) is 4.74 Å². The number of nitroso groups, excluding NO2 is 1. The number of rotatable bonds is 3. The molecule has 16 heavy (non-hydrogen) atoms. The van der Waals surface area contributed by atoms with Crippen LogP contribution in [-0.2, 0) is 4.74 Å². The van der Waals surface area contributed by atoms with Crippen molar-refractivity contribution in [2.75, 3.05) is 7.11 Å². The van der Waals surface area contributed by atoms with Crippen LogP contribution in [0.4, 0.5) is 0 Å². The van der Waals surface area contributed by atoms with E-state index in [2.05, 4.69) is 11.3 Å². The first-order valence-corrected chi connectivity index (χ1v) is 6.10. The summed E-state index contributed by atoms with van der Waals surface area (Å²) in [5, 5.41) is 3.47. The maximum absolute atomic E-state index is 11.2. The van der Waals surface area contributed by atoms with Gasteiger partial charge in [-0.25, -0.2) is 0 Å². The summed E-state index contributed by atoms with van der Waals surface area (Å²) < 4.78 is 5.24. The molecule has 1 saturated carbocycles. The molecule has 0 N–H and O–H groups in total. The zero-order valence-electron chi connectivity index (χ0n) is 9.87. The van der Waals surface area contributed by atoms with E-state index >= 15 is 0 Å². The molecule has 0 atom stereocenters. The smallest absolute Gasteiger partial charge is 0.124 e. The lowest BCUT2D eigenvalue weighted by Crippen LogP contribution is -2.32. The molecule has 3 heteroatoms. The number of nitrogens with zero attached hydrogens (tertiary/aromatic N) is 1. The summed E-state index contributed by atoms with van der Waals surface area (Å²) >= 11 is 0. The van der Waals surface area contributed by atoms with E-state index in [-0.39, 0.29) is 0 Å². The first-order chi connectivity index (χ1) is 7.80. The Balaban J connectivity index is 2.23. The van der Waals surface area contributed by atoms with Gasteiger partial charge in [0.1, 0.15) is 11.3 Å². The van der Waals surface area contributed by atoms with E-state index in [9.17, 15) is 4.91 Å². The summed E-state index contributed by atoms with van der Waals surface area (Å²) in [5.74, 6) is 0.884.